The molecule has 1 N–H and O–H groups in total. The van der Waals surface area contributed by atoms with Crippen molar-refractivity contribution in [2.24, 2.45) is 0 Å². The highest BCUT2D eigenvalue weighted by Gasteiger charge is 2.28. The summed E-state index contributed by atoms with van der Waals surface area (Å²) >= 11 is 0. The van der Waals surface area contributed by atoms with Crippen molar-refractivity contribution in [3.8, 4) is 11.5 Å². The highest BCUT2D eigenvalue weighted by Crippen LogP contribution is 2.32. The lowest BCUT2D eigenvalue weighted by Gasteiger charge is -2.06. The Kier molecular flexibility index (Phi) is 5.44. The predicted octanol–water partition coefficient (Wildman–Crippen LogP) is 4.83. The number of hydrogen-bond acceptors (Lipinski definition) is 5. The van der Waals surface area contributed by atoms with Crippen LogP contribution in [0.3, 0.4) is 0 Å². The van der Waals surface area contributed by atoms with Gasteiger partial charge in [0, 0.05) is 12.1 Å². The van der Waals surface area contributed by atoms with Crippen molar-refractivity contribution < 1.29 is 12.8 Å². The summed E-state index contributed by atoms with van der Waals surface area (Å²) < 4.78 is 32.2. The first-order valence-electron chi connectivity index (χ1n) is 9.29. The first kappa shape index (κ1) is 19.0. The molecule has 0 spiro atoms. The summed E-state index contributed by atoms with van der Waals surface area (Å²) in [6, 6.07) is 27.5. The van der Waals surface area contributed by atoms with Crippen molar-refractivity contribution >= 4 is 15.7 Å². The van der Waals surface area contributed by atoms with Crippen LogP contribution in [-0.2, 0) is 16.3 Å². The normalized spacial score (nSPS) is 11.3. The van der Waals surface area contributed by atoms with Crippen molar-refractivity contribution in [2.75, 3.05) is 11.9 Å². The highest BCUT2D eigenvalue weighted by molar-refractivity contribution is 7.91. The van der Waals surface area contributed by atoms with E-state index in [0.717, 1.165) is 12.0 Å². The average Bonchev–Trinajstić information content (AvgIpc) is 3.21. The molecule has 29 heavy (non-hydrogen) atoms. The molecule has 0 aliphatic heterocycles. The van der Waals surface area contributed by atoms with Gasteiger partial charge in [-0.3, -0.25) is 0 Å². The molecule has 4 aromatic rings. The second kappa shape index (κ2) is 8.32. The van der Waals surface area contributed by atoms with Crippen LogP contribution >= 0.6 is 0 Å². The van der Waals surface area contributed by atoms with Gasteiger partial charge in [0.15, 0.2) is 0 Å². The van der Waals surface area contributed by atoms with Crippen LogP contribution in [0, 0.1) is 0 Å². The predicted molar refractivity (Wildman–Crippen MR) is 112 cm³/mol. The minimum atomic E-state index is -3.82. The number of rotatable bonds is 7. The minimum Gasteiger partial charge on any atom is -0.419 e. The van der Waals surface area contributed by atoms with Crippen molar-refractivity contribution in [1.82, 2.24) is 4.98 Å². The van der Waals surface area contributed by atoms with E-state index in [-0.39, 0.29) is 21.7 Å². The number of benzene rings is 3. The molecular formula is C23H20N2O3S. The van der Waals surface area contributed by atoms with Crippen LogP contribution < -0.4 is 5.32 Å². The molecule has 146 valence electrons. The molecule has 0 aliphatic rings. The van der Waals surface area contributed by atoms with Crippen LogP contribution in [0.5, 0.6) is 0 Å². The molecule has 1 aromatic heterocycles. The van der Waals surface area contributed by atoms with Gasteiger partial charge in [-0.1, -0.05) is 66.7 Å². The van der Waals surface area contributed by atoms with E-state index in [1.807, 2.05) is 60.7 Å². The first-order chi connectivity index (χ1) is 14.1. The summed E-state index contributed by atoms with van der Waals surface area (Å²) in [5.41, 5.74) is 1.86. The van der Waals surface area contributed by atoms with E-state index < -0.39 is 9.84 Å². The van der Waals surface area contributed by atoms with Crippen molar-refractivity contribution in [3.05, 3.63) is 96.6 Å². The molecule has 0 bridgehead atoms. The molecule has 0 atom stereocenters. The second-order valence-corrected chi connectivity index (χ2v) is 8.36. The van der Waals surface area contributed by atoms with Gasteiger partial charge in [-0.25, -0.2) is 8.42 Å². The van der Waals surface area contributed by atoms with E-state index in [0.29, 0.717) is 12.1 Å². The van der Waals surface area contributed by atoms with Crippen LogP contribution in [0.1, 0.15) is 5.56 Å². The van der Waals surface area contributed by atoms with E-state index in [1.54, 1.807) is 30.3 Å². The lowest BCUT2D eigenvalue weighted by Crippen LogP contribution is -2.09. The van der Waals surface area contributed by atoms with Gasteiger partial charge in [-0.2, -0.15) is 4.98 Å². The highest BCUT2D eigenvalue weighted by atomic mass is 32.2. The third-order valence-electron chi connectivity index (χ3n) is 4.47. The number of aromatic nitrogens is 1. The van der Waals surface area contributed by atoms with Crippen LogP contribution in [0.2, 0.25) is 0 Å². The largest absolute Gasteiger partial charge is 0.419 e. The smallest absolute Gasteiger partial charge is 0.233 e. The fourth-order valence-electron chi connectivity index (χ4n) is 2.98. The van der Waals surface area contributed by atoms with E-state index >= 15 is 0 Å². The standard InChI is InChI=1S/C23H20N2O3S/c26-29(27,20-14-8-3-9-15-20)23-22(24-17-16-18-10-4-1-5-11-18)28-21(25-23)19-12-6-2-7-13-19/h1-15,24H,16-17H2. The Morgan fingerprint density at radius 3 is 2.03 bits per heavy atom. The monoisotopic (exact) mass is 404 g/mol. The zero-order chi connectivity index (χ0) is 20.1. The minimum absolute atomic E-state index is 0.101. The number of nitrogens with one attached hydrogen (secondary N) is 1. The quantitative estimate of drug-likeness (QED) is 0.478. The maximum absolute atomic E-state index is 13.2. The molecule has 0 saturated carbocycles. The van der Waals surface area contributed by atoms with E-state index in [2.05, 4.69) is 10.3 Å². The fourth-order valence-corrected chi connectivity index (χ4v) is 4.28. The first-order valence-corrected chi connectivity index (χ1v) is 10.8. The molecule has 0 fully saturated rings. The lowest BCUT2D eigenvalue weighted by molar-refractivity contribution is 0.577. The van der Waals surface area contributed by atoms with Crippen molar-refractivity contribution in [2.45, 2.75) is 16.3 Å². The Morgan fingerprint density at radius 1 is 0.793 bits per heavy atom. The van der Waals surface area contributed by atoms with Crippen LogP contribution in [0.15, 0.2) is 105 Å². The molecular weight excluding hydrogens is 384 g/mol. The maximum atomic E-state index is 13.2. The van der Waals surface area contributed by atoms with Gasteiger partial charge < -0.3 is 9.73 Å². The molecule has 0 aliphatic carbocycles. The summed E-state index contributed by atoms with van der Waals surface area (Å²) in [5, 5.41) is 3.02. The number of anilines is 1. The molecule has 0 amide bonds. The Morgan fingerprint density at radius 2 is 1.38 bits per heavy atom. The Balaban J connectivity index is 1.68. The Bertz CT molecular complexity index is 1170. The zero-order valence-corrected chi connectivity index (χ0v) is 16.5. The summed E-state index contributed by atoms with van der Waals surface area (Å²) in [6.07, 6.45) is 0.729. The average molecular weight is 404 g/mol. The van der Waals surface area contributed by atoms with Gasteiger partial charge in [0.2, 0.25) is 26.6 Å². The maximum Gasteiger partial charge on any atom is 0.233 e. The summed E-state index contributed by atoms with van der Waals surface area (Å²) in [6.45, 7) is 0.519. The Hall–Kier alpha value is -3.38. The van der Waals surface area contributed by atoms with Crippen molar-refractivity contribution in [1.29, 1.82) is 0 Å². The van der Waals surface area contributed by atoms with Crippen LogP contribution in [0.25, 0.3) is 11.5 Å². The third-order valence-corrected chi connectivity index (χ3v) is 6.15. The van der Waals surface area contributed by atoms with Crippen molar-refractivity contribution in [3.63, 3.8) is 0 Å². The molecule has 0 unspecified atom stereocenters. The Labute approximate surface area is 170 Å². The number of oxazole rings is 1. The molecule has 1 heterocycles. The molecule has 5 nitrogen and oxygen atoms in total. The van der Waals surface area contributed by atoms with Crippen LogP contribution in [0.4, 0.5) is 5.88 Å². The SMILES string of the molecule is O=S(=O)(c1ccccc1)c1nc(-c2ccccc2)oc1NCCc1ccccc1. The van der Waals surface area contributed by atoms with Gasteiger partial charge in [0.05, 0.1) is 4.90 Å². The topological polar surface area (TPSA) is 72.2 Å². The molecule has 0 saturated heterocycles. The molecule has 3 aromatic carbocycles. The molecule has 0 radical (unpaired) electrons. The lowest BCUT2D eigenvalue weighted by atomic mass is 10.1. The zero-order valence-electron chi connectivity index (χ0n) is 15.7. The van der Waals surface area contributed by atoms with Gasteiger partial charge in [0.25, 0.3) is 0 Å². The van der Waals surface area contributed by atoms with Gasteiger partial charge in [-0.05, 0) is 36.2 Å². The summed E-state index contributed by atoms with van der Waals surface area (Å²) in [5.74, 6) is 0.422. The fraction of sp³-hybridized carbons (Fsp3) is 0.0870. The molecule has 4 rings (SSSR count). The second-order valence-electron chi connectivity index (χ2n) is 6.50. The number of nitrogens with zero attached hydrogens (tertiary/aromatic N) is 1. The van der Waals surface area contributed by atoms with Crippen LogP contribution in [-0.4, -0.2) is 19.9 Å². The number of hydrogen-bond donors (Lipinski definition) is 1. The van der Waals surface area contributed by atoms with Gasteiger partial charge >= 0.3 is 0 Å². The van der Waals surface area contributed by atoms with E-state index in [4.69, 9.17) is 4.42 Å². The van der Waals surface area contributed by atoms with E-state index in [9.17, 15) is 8.42 Å². The van der Waals surface area contributed by atoms with Gasteiger partial charge in [-0.15, -0.1) is 0 Å². The van der Waals surface area contributed by atoms with Gasteiger partial charge in [0.1, 0.15) is 0 Å². The van der Waals surface area contributed by atoms with E-state index in [1.165, 1.54) is 0 Å². The molecule has 6 heteroatoms. The summed E-state index contributed by atoms with van der Waals surface area (Å²) in [7, 11) is -3.82. The number of sulfone groups is 1. The summed E-state index contributed by atoms with van der Waals surface area (Å²) in [4.78, 5) is 4.52. The third kappa shape index (κ3) is 4.22.